The molecule has 0 aliphatic carbocycles. The van der Waals surface area contributed by atoms with Crippen molar-refractivity contribution in [1.29, 1.82) is 0 Å². The van der Waals surface area contributed by atoms with Crippen LogP contribution in [0.25, 0.3) is 0 Å². The molecule has 0 aliphatic heterocycles. The molecule has 10 heavy (non-hydrogen) atoms. The summed E-state index contributed by atoms with van der Waals surface area (Å²) in [7, 11) is 1.31. The highest BCUT2D eigenvalue weighted by Gasteiger charge is 2.30. The van der Waals surface area contributed by atoms with Gasteiger partial charge >= 0.3 is 0 Å². The van der Waals surface area contributed by atoms with Gasteiger partial charge in [-0.3, -0.25) is 0 Å². The lowest BCUT2D eigenvalue weighted by molar-refractivity contribution is 0.235. The van der Waals surface area contributed by atoms with Crippen molar-refractivity contribution in [3.63, 3.8) is 0 Å². The second kappa shape index (κ2) is 2.69. The molecule has 0 aromatic carbocycles. The minimum Gasteiger partial charge on any atom is -0.0602 e. The SMILES string of the molecule is CC(C)(C)C([SiH3])C(C)(C)C. The second-order valence-electron chi connectivity index (χ2n) is 5.45. The fourth-order valence-corrected chi connectivity index (χ4v) is 1.30. The summed E-state index contributed by atoms with van der Waals surface area (Å²) in [5.74, 6) is 0. The van der Waals surface area contributed by atoms with Crippen LogP contribution in [0.5, 0.6) is 0 Å². The van der Waals surface area contributed by atoms with Gasteiger partial charge in [-0.25, -0.2) is 0 Å². The lowest BCUT2D eigenvalue weighted by Gasteiger charge is -2.38. The fourth-order valence-electron chi connectivity index (χ4n) is 1.30. The van der Waals surface area contributed by atoms with Crippen LogP contribution in [0.2, 0.25) is 5.54 Å². The van der Waals surface area contributed by atoms with Gasteiger partial charge in [0.25, 0.3) is 0 Å². The molecular formula is C9H22Si. The third-order valence-corrected chi connectivity index (χ3v) is 6.06. The Balaban J connectivity index is 4.23. The van der Waals surface area contributed by atoms with E-state index in [2.05, 4.69) is 41.5 Å². The second-order valence-corrected chi connectivity index (χ2v) is 6.61. The van der Waals surface area contributed by atoms with Gasteiger partial charge in [-0.2, -0.15) is 0 Å². The summed E-state index contributed by atoms with van der Waals surface area (Å²) in [6.07, 6.45) is 0. The Labute approximate surface area is 68.8 Å². The molecule has 0 aromatic heterocycles. The molecule has 62 valence electrons. The summed E-state index contributed by atoms with van der Waals surface area (Å²) in [5, 5.41) is 0. The summed E-state index contributed by atoms with van der Waals surface area (Å²) in [6.45, 7) is 14.1. The van der Waals surface area contributed by atoms with Gasteiger partial charge in [0.1, 0.15) is 0 Å². The third-order valence-electron chi connectivity index (χ3n) is 2.60. The van der Waals surface area contributed by atoms with Gasteiger partial charge in [0.05, 0.1) is 0 Å². The molecule has 0 amide bonds. The van der Waals surface area contributed by atoms with E-state index in [0.29, 0.717) is 10.8 Å². The van der Waals surface area contributed by atoms with E-state index < -0.39 is 0 Å². The maximum absolute atomic E-state index is 2.34. The molecule has 0 saturated heterocycles. The Morgan fingerprint density at radius 1 is 0.800 bits per heavy atom. The normalized spacial score (nSPS) is 14.7. The van der Waals surface area contributed by atoms with Crippen molar-refractivity contribution < 1.29 is 0 Å². The van der Waals surface area contributed by atoms with E-state index in [-0.39, 0.29) is 0 Å². The zero-order valence-corrected chi connectivity index (χ0v) is 10.6. The minimum absolute atomic E-state index is 0.504. The van der Waals surface area contributed by atoms with Crippen molar-refractivity contribution in [2.75, 3.05) is 0 Å². The molecule has 0 nitrogen and oxygen atoms in total. The maximum Gasteiger partial charge on any atom is 0.00806 e. The summed E-state index contributed by atoms with van der Waals surface area (Å²) >= 11 is 0. The van der Waals surface area contributed by atoms with E-state index in [4.69, 9.17) is 0 Å². The van der Waals surface area contributed by atoms with Crippen molar-refractivity contribution in [3.8, 4) is 0 Å². The van der Waals surface area contributed by atoms with Crippen LogP contribution < -0.4 is 0 Å². The molecule has 0 rings (SSSR count). The van der Waals surface area contributed by atoms with Crippen LogP contribution in [-0.4, -0.2) is 10.2 Å². The molecule has 0 bridgehead atoms. The molecule has 1 heteroatoms. The van der Waals surface area contributed by atoms with Crippen LogP contribution in [0, 0.1) is 10.8 Å². The van der Waals surface area contributed by atoms with Crippen LogP contribution >= 0.6 is 0 Å². The predicted octanol–water partition coefficient (Wildman–Crippen LogP) is 2.23. The lowest BCUT2D eigenvalue weighted by Crippen LogP contribution is -2.27. The van der Waals surface area contributed by atoms with E-state index in [9.17, 15) is 0 Å². The zero-order valence-electron chi connectivity index (χ0n) is 8.58. The third kappa shape index (κ3) is 2.87. The Kier molecular flexibility index (Phi) is 2.75. The van der Waals surface area contributed by atoms with E-state index in [1.807, 2.05) is 0 Å². The lowest BCUT2D eigenvalue weighted by atomic mass is 9.77. The predicted molar refractivity (Wildman–Crippen MR) is 52.6 cm³/mol. The molecule has 0 heterocycles. The molecule has 0 atom stereocenters. The first kappa shape index (κ1) is 10.2. The molecule has 0 fully saturated rings. The quantitative estimate of drug-likeness (QED) is 0.474. The first-order valence-electron chi connectivity index (χ1n) is 4.15. The average Bonchev–Trinajstić information content (AvgIpc) is 1.59. The number of hydrogen-bond acceptors (Lipinski definition) is 0. The van der Waals surface area contributed by atoms with E-state index in [1.54, 1.807) is 0 Å². The highest BCUT2D eigenvalue weighted by molar-refractivity contribution is 6.12. The highest BCUT2D eigenvalue weighted by Crippen LogP contribution is 2.42. The van der Waals surface area contributed by atoms with Crippen molar-refractivity contribution >= 4 is 10.2 Å². The summed E-state index contributed by atoms with van der Waals surface area (Å²) in [4.78, 5) is 0. The fraction of sp³-hybridized carbons (Fsp3) is 1.00. The topological polar surface area (TPSA) is 0 Å². The standard InChI is InChI=1S/C9H22Si/c1-8(2,3)7(10)9(4,5)6/h7H,1-6,10H3. The molecule has 0 saturated carbocycles. The summed E-state index contributed by atoms with van der Waals surface area (Å²) in [5.41, 5.74) is 1.91. The average molecular weight is 158 g/mol. The van der Waals surface area contributed by atoms with Crippen LogP contribution in [0.4, 0.5) is 0 Å². The molecule has 0 N–H and O–H groups in total. The first-order valence-corrected chi connectivity index (χ1v) is 5.31. The van der Waals surface area contributed by atoms with Gasteiger partial charge in [-0.05, 0) is 16.4 Å². The Bertz CT molecular complexity index is 88.9. The van der Waals surface area contributed by atoms with Gasteiger partial charge in [0, 0.05) is 10.2 Å². The number of rotatable bonds is 0. The van der Waals surface area contributed by atoms with E-state index >= 15 is 0 Å². The molecule has 0 spiro atoms. The van der Waals surface area contributed by atoms with Crippen LogP contribution in [0.3, 0.4) is 0 Å². The molecule has 0 unspecified atom stereocenters. The summed E-state index contributed by atoms with van der Waals surface area (Å²) in [6, 6.07) is 0. The van der Waals surface area contributed by atoms with Crippen molar-refractivity contribution in [2.45, 2.75) is 47.1 Å². The van der Waals surface area contributed by atoms with Gasteiger partial charge < -0.3 is 0 Å². The molecule has 0 radical (unpaired) electrons. The van der Waals surface area contributed by atoms with E-state index in [1.165, 1.54) is 10.2 Å². The largest absolute Gasteiger partial charge is 0.0602 e. The minimum atomic E-state index is 0.504. The maximum atomic E-state index is 2.34. The Morgan fingerprint density at radius 3 is 1.00 bits per heavy atom. The monoisotopic (exact) mass is 158 g/mol. The van der Waals surface area contributed by atoms with Gasteiger partial charge in [0.15, 0.2) is 0 Å². The van der Waals surface area contributed by atoms with Crippen LogP contribution in [0.15, 0.2) is 0 Å². The van der Waals surface area contributed by atoms with Gasteiger partial charge in [0.2, 0.25) is 0 Å². The Hall–Kier alpha value is 0.217. The van der Waals surface area contributed by atoms with Crippen molar-refractivity contribution in [2.24, 2.45) is 10.8 Å². The number of hydrogen-bond donors (Lipinski definition) is 0. The van der Waals surface area contributed by atoms with Crippen LogP contribution in [-0.2, 0) is 0 Å². The Morgan fingerprint density at radius 2 is 1.00 bits per heavy atom. The molecule has 0 aliphatic rings. The molecular weight excluding hydrogens is 136 g/mol. The van der Waals surface area contributed by atoms with Crippen molar-refractivity contribution in [1.82, 2.24) is 0 Å². The smallest absolute Gasteiger partial charge is 0.00806 e. The molecule has 0 aromatic rings. The van der Waals surface area contributed by atoms with Gasteiger partial charge in [-0.15, -0.1) is 0 Å². The van der Waals surface area contributed by atoms with Crippen molar-refractivity contribution in [3.05, 3.63) is 0 Å². The highest BCUT2D eigenvalue weighted by atomic mass is 28.1. The van der Waals surface area contributed by atoms with Crippen LogP contribution in [0.1, 0.15) is 41.5 Å². The van der Waals surface area contributed by atoms with Gasteiger partial charge in [-0.1, -0.05) is 41.5 Å². The zero-order chi connectivity index (χ0) is 8.58. The summed E-state index contributed by atoms with van der Waals surface area (Å²) < 4.78 is 0. The van der Waals surface area contributed by atoms with E-state index in [0.717, 1.165) is 5.54 Å². The first-order chi connectivity index (χ1) is 4.15.